The summed E-state index contributed by atoms with van der Waals surface area (Å²) in [6.45, 7) is 1.78. The van der Waals surface area contributed by atoms with Gasteiger partial charge < -0.3 is 9.72 Å². The van der Waals surface area contributed by atoms with Gasteiger partial charge in [-0.2, -0.15) is 4.31 Å². The molecule has 0 radical (unpaired) electrons. The average Bonchev–Trinajstić information content (AvgIpc) is 3.49. The van der Waals surface area contributed by atoms with E-state index in [1.54, 1.807) is 13.1 Å². The van der Waals surface area contributed by atoms with Gasteiger partial charge >= 0.3 is 5.97 Å². The molecule has 2 heterocycles. The van der Waals surface area contributed by atoms with E-state index in [0.29, 0.717) is 0 Å². The van der Waals surface area contributed by atoms with Gasteiger partial charge in [-0.25, -0.2) is 22.5 Å². The third-order valence-electron chi connectivity index (χ3n) is 6.80. The Morgan fingerprint density at radius 2 is 1.75 bits per heavy atom. The Bertz CT molecular complexity index is 1680. The summed E-state index contributed by atoms with van der Waals surface area (Å²) in [5, 5.41) is 0.916. The summed E-state index contributed by atoms with van der Waals surface area (Å²) >= 11 is 0. The van der Waals surface area contributed by atoms with Crippen LogP contribution in [-0.2, 0) is 30.8 Å². The molecule has 0 aliphatic carbocycles. The second-order valence-corrected chi connectivity index (χ2v) is 11.1. The summed E-state index contributed by atoms with van der Waals surface area (Å²) in [6, 6.07) is 16.3. The second kappa shape index (κ2) is 11.0. The van der Waals surface area contributed by atoms with Crippen LogP contribution in [0.3, 0.4) is 0 Å². The molecule has 9 nitrogen and oxygen atoms in total. The molecule has 206 valence electrons. The van der Waals surface area contributed by atoms with Crippen LogP contribution in [-0.4, -0.2) is 54.7 Å². The fourth-order valence-corrected chi connectivity index (χ4v) is 6.41. The van der Waals surface area contributed by atoms with Crippen molar-refractivity contribution < 1.29 is 31.9 Å². The smallest absolute Gasteiger partial charge is 0.338 e. The van der Waals surface area contributed by atoms with Crippen molar-refractivity contribution >= 4 is 44.4 Å². The highest BCUT2D eigenvalue weighted by molar-refractivity contribution is 7.89. The molecule has 3 aromatic carbocycles. The number of imide groups is 1. The number of carbonyl (C=O) groups is 3. The van der Waals surface area contributed by atoms with Gasteiger partial charge in [-0.05, 0) is 73.5 Å². The standard InChI is InChI=1S/C29H26FN3O6S/c1-2-39-29(36)19-7-11-22(12-8-19)33-27(34)17-26(28(33)35)32(40(37,38)23-13-9-21(30)10-14-23)16-15-20-18-31-25-6-4-3-5-24(20)25/h3-14,18,26,31H,2,15-17H2,1H3. The van der Waals surface area contributed by atoms with Gasteiger partial charge in [0.2, 0.25) is 15.9 Å². The zero-order valence-corrected chi connectivity index (χ0v) is 22.4. The number of halogens is 1. The number of carbonyl (C=O) groups excluding carboxylic acids is 3. The Morgan fingerprint density at radius 1 is 1.05 bits per heavy atom. The van der Waals surface area contributed by atoms with Crippen molar-refractivity contribution in [1.29, 1.82) is 0 Å². The molecule has 1 unspecified atom stereocenters. The molecule has 1 saturated heterocycles. The molecule has 1 atom stereocenters. The number of rotatable bonds is 9. The van der Waals surface area contributed by atoms with Crippen LogP contribution < -0.4 is 4.90 Å². The van der Waals surface area contributed by atoms with Crippen LogP contribution >= 0.6 is 0 Å². The highest BCUT2D eigenvalue weighted by atomic mass is 32.2. The number of ether oxygens (including phenoxy) is 1. The van der Waals surface area contributed by atoms with E-state index in [1.807, 2.05) is 24.3 Å². The SMILES string of the molecule is CCOC(=O)c1ccc(N2C(=O)CC(N(CCc3c[nH]c4ccccc34)S(=O)(=O)c3ccc(F)cc3)C2=O)cc1. The lowest BCUT2D eigenvalue weighted by atomic mass is 10.1. The third-order valence-corrected chi connectivity index (χ3v) is 8.73. The molecule has 11 heteroatoms. The first-order valence-corrected chi connectivity index (χ1v) is 14.1. The Hall–Kier alpha value is -4.35. The van der Waals surface area contributed by atoms with Gasteiger partial charge in [0.05, 0.1) is 29.2 Å². The molecule has 2 amide bonds. The fraction of sp³-hybridized carbons (Fsp3) is 0.207. The Balaban J connectivity index is 1.47. The molecule has 1 aromatic heterocycles. The number of aromatic nitrogens is 1. The zero-order valence-electron chi connectivity index (χ0n) is 21.5. The van der Waals surface area contributed by atoms with E-state index in [1.165, 1.54) is 24.3 Å². The molecule has 1 N–H and O–H groups in total. The molecule has 1 aliphatic heterocycles. The predicted octanol–water partition coefficient (Wildman–Crippen LogP) is 4.05. The fourth-order valence-electron chi connectivity index (χ4n) is 4.83. The van der Waals surface area contributed by atoms with Crippen molar-refractivity contribution in [1.82, 2.24) is 9.29 Å². The summed E-state index contributed by atoms with van der Waals surface area (Å²) in [7, 11) is -4.30. The van der Waals surface area contributed by atoms with Crippen LogP contribution in [0.1, 0.15) is 29.3 Å². The van der Waals surface area contributed by atoms with E-state index in [9.17, 15) is 27.2 Å². The number of para-hydroxylation sites is 1. The molecule has 5 rings (SSSR count). The molecule has 0 saturated carbocycles. The minimum Gasteiger partial charge on any atom is -0.462 e. The van der Waals surface area contributed by atoms with E-state index in [2.05, 4.69) is 4.98 Å². The van der Waals surface area contributed by atoms with Gasteiger partial charge in [-0.15, -0.1) is 0 Å². The number of H-pyrrole nitrogens is 1. The third kappa shape index (κ3) is 5.13. The summed E-state index contributed by atoms with van der Waals surface area (Å²) in [6.07, 6.45) is 1.68. The van der Waals surface area contributed by atoms with Crippen LogP contribution in [0.5, 0.6) is 0 Å². The summed E-state index contributed by atoms with van der Waals surface area (Å²) in [4.78, 5) is 42.6. The van der Waals surface area contributed by atoms with Crippen molar-refractivity contribution in [2.45, 2.75) is 30.7 Å². The Morgan fingerprint density at radius 3 is 2.45 bits per heavy atom. The van der Waals surface area contributed by atoms with Crippen molar-refractivity contribution in [2.75, 3.05) is 18.1 Å². The molecule has 1 aliphatic rings. The molecular formula is C29H26FN3O6S. The lowest BCUT2D eigenvalue weighted by Gasteiger charge is -2.27. The first-order chi connectivity index (χ1) is 19.2. The average molecular weight is 564 g/mol. The second-order valence-electron chi connectivity index (χ2n) is 9.23. The van der Waals surface area contributed by atoms with Crippen LogP contribution in [0, 0.1) is 5.82 Å². The monoisotopic (exact) mass is 563 g/mol. The van der Waals surface area contributed by atoms with E-state index < -0.39 is 39.7 Å². The van der Waals surface area contributed by atoms with E-state index >= 15 is 0 Å². The van der Waals surface area contributed by atoms with Crippen LogP contribution in [0.25, 0.3) is 10.9 Å². The van der Waals surface area contributed by atoms with Gasteiger partial charge in [0.1, 0.15) is 11.9 Å². The zero-order chi connectivity index (χ0) is 28.4. The normalized spacial score (nSPS) is 15.8. The van der Waals surface area contributed by atoms with Gasteiger partial charge in [0.25, 0.3) is 5.91 Å². The lowest BCUT2D eigenvalue weighted by Crippen LogP contribution is -2.46. The molecule has 40 heavy (non-hydrogen) atoms. The number of amides is 2. The van der Waals surface area contributed by atoms with E-state index in [-0.39, 0.29) is 42.1 Å². The van der Waals surface area contributed by atoms with Crippen LogP contribution in [0.4, 0.5) is 10.1 Å². The number of sulfonamides is 1. The van der Waals surface area contributed by atoms with Crippen molar-refractivity contribution in [2.24, 2.45) is 0 Å². The first kappa shape index (κ1) is 27.2. The molecular weight excluding hydrogens is 537 g/mol. The van der Waals surface area contributed by atoms with E-state index in [4.69, 9.17) is 4.74 Å². The number of nitrogens with zero attached hydrogens (tertiary/aromatic N) is 2. The topological polar surface area (TPSA) is 117 Å². The highest BCUT2D eigenvalue weighted by Gasteiger charge is 2.46. The molecule has 1 fully saturated rings. The quantitative estimate of drug-likeness (QED) is 0.243. The van der Waals surface area contributed by atoms with Gasteiger partial charge in [0.15, 0.2) is 0 Å². The van der Waals surface area contributed by atoms with Crippen molar-refractivity contribution in [3.63, 3.8) is 0 Å². The highest BCUT2D eigenvalue weighted by Crippen LogP contribution is 2.30. The van der Waals surface area contributed by atoms with Crippen LogP contribution in [0.15, 0.2) is 83.9 Å². The number of nitrogens with one attached hydrogen (secondary N) is 1. The number of fused-ring (bicyclic) bond motifs is 1. The predicted molar refractivity (Wildman–Crippen MR) is 146 cm³/mol. The number of hydrogen-bond donors (Lipinski definition) is 1. The molecule has 4 aromatic rings. The van der Waals surface area contributed by atoms with E-state index in [0.717, 1.165) is 49.9 Å². The number of benzene rings is 3. The van der Waals surface area contributed by atoms with Crippen molar-refractivity contribution in [3.8, 4) is 0 Å². The van der Waals surface area contributed by atoms with Gasteiger partial charge in [-0.3, -0.25) is 9.59 Å². The molecule has 0 spiro atoms. The minimum absolute atomic E-state index is 0.0963. The largest absolute Gasteiger partial charge is 0.462 e. The number of anilines is 1. The number of esters is 1. The van der Waals surface area contributed by atoms with Gasteiger partial charge in [-0.1, -0.05) is 18.2 Å². The lowest BCUT2D eigenvalue weighted by molar-refractivity contribution is -0.122. The Kier molecular flexibility index (Phi) is 7.51. The maximum Gasteiger partial charge on any atom is 0.338 e. The van der Waals surface area contributed by atoms with Crippen LogP contribution in [0.2, 0.25) is 0 Å². The maximum absolute atomic E-state index is 13.8. The summed E-state index contributed by atoms with van der Waals surface area (Å²) in [5.41, 5.74) is 2.19. The van der Waals surface area contributed by atoms with Gasteiger partial charge in [0, 0.05) is 23.6 Å². The minimum atomic E-state index is -4.30. The molecule has 0 bridgehead atoms. The first-order valence-electron chi connectivity index (χ1n) is 12.7. The summed E-state index contributed by atoms with van der Waals surface area (Å²) in [5.74, 6) is -2.43. The maximum atomic E-state index is 13.8. The number of aromatic amines is 1. The summed E-state index contributed by atoms with van der Waals surface area (Å²) < 4.78 is 47.2. The Labute approximate surface area is 230 Å². The number of hydrogen-bond acceptors (Lipinski definition) is 6. The van der Waals surface area contributed by atoms with Crippen molar-refractivity contribution in [3.05, 3.63) is 95.9 Å².